The molecule has 0 saturated heterocycles. The molecular weight excluding hydrogens is 220 g/mol. The van der Waals surface area contributed by atoms with Crippen molar-refractivity contribution in [2.75, 3.05) is 0 Å². The van der Waals surface area contributed by atoms with Gasteiger partial charge >= 0.3 is 5.97 Å². The molecular formula is C11H20N4O2. The van der Waals surface area contributed by atoms with Crippen LogP contribution in [0.25, 0.3) is 0 Å². The summed E-state index contributed by atoms with van der Waals surface area (Å²) in [5, 5.41) is 16.6. The first-order valence-corrected chi connectivity index (χ1v) is 5.64. The zero-order valence-electron chi connectivity index (χ0n) is 11.0. The average molecular weight is 240 g/mol. The van der Waals surface area contributed by atoms with Crippen LogP contribution < -0.4 is 5.32 Å². The first-order chi connectivity index (χ1) is 7.74. The zero-order chi connectivity index (χ0) is 13.2. The van der Waals surface area contributed by atoms with Crippen molar-refractivity contribution in [3.63, 3.8) is 0 Å². The molecule has 1 aromatic heterocycles. The summed E-state index contributed by atoms with van der Waals surface area (Å²) in [7, 11) is 0. The molecule has 1 rings (SSSR count). The molecule has 0 bridgehead atoms. The maximum Gasteiger partial charge on any atom is 0.325 e. The van der Waals surface area contributed by atoms with Crippen molar-refractivity contribution in [3.8, 4) is 0 Å². The van der Waals surface area contributed by atoms with E-state index in [0.717, 1.165) is 5.82 Å². The molecule has 0 amide bonds. The number of rotatable bonds is 5. The van der Waals surface area contributed by atoms with Crippen LogP contribution in [0, 0.1) is 13.8 Å². The third kappa shape index (κ3) is 3.26. The Balaban J connectivity index is 2.94. The summed E-state index contributed by atoms with van der Waals surface area (Å²) in [6.45, 7) is 9.36. The number of aryl methyl sites for hydroxylation is 2. The Hall–Kier alpha value is -1.43. The van der Waals surface area contributed by atoms with Crippen LogP contribution in [0.5, 0.6) is 0 Å². The van der Waals surface area contributed by atoms with Gasteiger partial charge in [0.15, 0.2) is 0 Å². The molecule has 0 fully saturated rings. The molecule has 2 N–H and O–H groups in total. The highest BCUT2D eigenvalue weighted by Gasteiger charge is 2.34. The van der Waals surface area contributed by atoms with Gasteiger partial charge in [-0.25, -0.2) is 9.67 Å². The lowest BCUT2D eigenvalue weighted by Gasteiger charge is -2.28. The van der Waals surface area contributed by atoms with E-state index in [2.05, 4.69) is 15.4 Å². The van der Waals surface area contributed by atoms with Gasteiger partial charge in [0.1, 0.15) is 17.2 Å². The molecule has 0 aliphatic rings. The second-order valence-electron chi connectivity index (χ2n) is 4.80. The maximum absolute atomic E-state index is 11.4. The molecule has 1 heterocycles. The van der Waals surface area contributed by atoms with E-state index in [1.54, 1.807) is 18.5 Å². The van der Waals surface area contributed by atoms with Crippen molar-refractivity contribution < 1.29 is 9.90 Å². The van der Waals surface area contributed by atoms with Gasteiger partial charge in [-0.15, -0.1) is 0 Å². The van der Waals surface area contributed by atoms with Crippen molar-refractivity contribution in [1.82, 2.24) is 20.1 Å². The van der Waals surface area contributed by atoms with E-state index in [0.29, 0.717) is 5.82 Å². The highest BCUT2D eigenvalue weighted by atomic mass is 16.4. The predicted molar refractivity (Wildman–Crippen MR) is 63.8 cm³/mol. The van der Waals surface area contributed by atoms with Crippen LogP contribution in [0.1, 0.15) is 32.4 Å². The lowest BCUT2D eigenvalue weighted by molar-refractivity contribution is -0.145. The van der Waals surface area contributed by atoms with Crippen LogP contribution in [-0.4, -0.2) is 37.4 Å². The van der Waals surface area contributed by atoms with Crippen molar-refractivity contribution >= 4 is 5.97 Å². The summed E-state index contributed by atoms with van der Waals surface area (Å²) < 4.78 is 1.62. The number of hydrogen-bond donors (Lipinski definition) is 2. The molecule has 0 spiro atoms. The molecule has 1 aromatic rings. The lowest BCUT2D eigenvalue weighted by atomic mass is 10.0. The van der Waals surface area contributed by atoms with Gasteiger partial charge in [0, 0.05) is 6.04 Å². The molecule has 0 radical (unpaired) electrons. The van der Waals surface area contributed by atoms with Crippen LogP contribution in [0.4, 0.5) is 0 Å². The molecule has 6 heteroatoms. The number of hydrogen-bond acceptors (Lipinski definition) is 4. The first kappa shape index (κ1) is 13.6. The summed E-state index contributed by atoms with van der Waals surface area (Å²) in [5.74, 6) is 0.485. The summed E-state index contributed by atoms with van der Waals surface area (Å²) in [6.07, 6.45) is 0. The van der Waals surface area contributed by atoms with Crippen molar-refractivity contribution in [1.29, 1.82) is 0 Å². The Morgan fingerprint density at radius 1 is 1.53 bits per heavy atom. The number of carboxylic acid groups (broad SMARTS) is 1. The third-order valence-corrected chi connectivity index (χ3v) is 2.51. The largest absolute Gasteiger partial charge is 0.480 e. The standard InChI is InChI=1S/C11H20N4O2/c1-7(2)13-11(5,10(16)17)6-15-9(4)12-8(3)14-15/h7,13H,6H2,1-5H3,(H,16,17). The Kier molecular flexibility index (Phi) is 3.87. The van der Waals surface area contributed by atoms with Crippen LogP contribution in [0.15, 0.2) is 0 Å². The summed E-state index contributed by atoms with van der Waals surface area (Å²) in [5.41, 5.74) is -1.04. The fraction of sp³-hybridized carbons (Fsp3) is 0.727. The Bertz CT molecular complexity index is 414. The molecule has 1 atom stereocenters. The second-order valence-corrected chi connectivity index (χ2v) is 4.80. The van der Waals surface area contributed by atoms with E-state index in [4.69, 9.17) is 0 Å². The Morgan fingerprint density at radius 3 is 2.47 bits per heavy atom. The SMILES string of the molecule is Cc1nc(C)n(CC(C)(NC(C)C)C(=O)O)n1. The van der Waals surface area contributed by atoms with E-state index in [-0.39, 0.29) is 12.6 Å². The van der Waals surface area contributed by atoms with Crippen LogP contribution in [0.2, 0.25) is 0 Å². The van der Waals surface area contributed by atoms with Gasteiger partial charge in [0.2, 0.25) is 0 Å². The smallest absolute Gasteiger partial charge is 0.325 e. The summed E-state index contributed by atoms with van der Waals surface area (Å²) in [4.78, 5) is 15.5. The van der Waals surface area contributed by atoms with Crippen LogP contribution in [-0.2, 0) is 11.3 Å². The molecule has 0 aliphatic carbocycles. The highest BCUT2D eigenvalue weighted by molar-refractivity contribution is 5.78. The van der Waals surface area contributed by atoms with E-state index < -0.39 is 11.5 Å². The maximum atomic E-state index is 11.4. The molecule has 96 valence electrons. The molecule has 0 saturated carbocycles. The van der Waals surface area contributed by atoms with Crippen LogP contribution in [0.3, 0.4) is 0 Å². The number of aliphatic carboxylic acids is 1. The minimum absolute atomic E-state index is 0.0843. The van der Waals surface area contributed by atoms with E-state index in [1.165, 1.54) is 0 Å². The molecule has 6 nitrogen and oxygen atoms in total. The molecule has 0 aromatic carbocycles. The monoisotopic (exact) mass is 240 g/mol. The number of nitrogens with zero attached hydrogens (tertiary/aromatic N) is 3. The zero-order valence-corrected chi connectivity index (χ0v) is 11.0. The Morgan fingerprint density at radius 2 is 2.12 bits per heavy atom. The minimum atomic E-state index is -1.04. The fourth-order valence-corrected chi connectivity index (χ4v) is 1.82. The minimum Gasteiger partial charge on any atom is -0.480 e. The normalized spacial score (nSPS) is 14.9. The Labute approximate surface area is 101 Å². The van der Waals surface area contributed by atoms with Gasteiger partial charge in [0.25, 0.3) is 0 Å². The quantitative estimate of drug-likeness (QED) is 0.793. The van der Waals surface area contributed by atoms with E-state index >= 15 is 0 Å². The number of aromatic nitrogens is 3. The van der Waals surface area contributed by atoms with E-state index in [9.17, 15) is 9.90 Å². The number of nitrogens with one attached hydrogen (secondary N) is 1. The second kappa shape index (κ2) is 4.83. The molecule has 1 unspecified atom stereocenters. The summed E-state index contributed by atoms with van der Waals surface area (Å²) in [6, 6.07) is 0.0843. The van der Waals surface area contributed by atoms with Gasteiger partial charge in [-0.2, -0.15) is 5.10 Å². The number of carbonyl (C=O) groups is 1. The van der Waals surface area contributed by atoms with Gasteiger partial charge in [-0.3, -0.25) is 10.1 Å². The summed E-state index contributed by atoms with van der Waals surface area (Å²) >= 11 is 0. The molecule has 17 heavy (non-hydrogen) atoms. The van der Waals surface area contributed by atoms with E-state index in [1.807, 2.05) is 20.8 Å². The third-order valence-electron chi connectivity index (χ3n) is 2.51. The van der Waals surface area contributed by atoms with Crippen molar-refractivity contribution in [3.05, 3.63) is 11.6 Å². The highest BCUT2D eigenvalue weighted by Crippen LogP contribution is 2.11. The van der Waals surface area contributed by atoms with Gasteiger partial charge in [-0.1, -0.05) is 0 Å². The number of carboxylic acids is 1. The van der Waals surface area contributed by atoms with Gasteiger partial charge in [-0.05, 0) is 34.6 Å². The van der Waals surface area contributed by atoms with Gasteiger partial charge < -0.3 is 5.11 Å². The average Bonchev–Trinajstić information content (AvgIpc) is 2.43. The first-order valence-electron chi connectivity index (χ1n) is 5.64. The lowest BCUT2D eigenvalue weighted by Crippen LogP contribution is -2.55. The fourth-order valence-electron chi connectivity index (χ4n) is 1.82. The predicted octanol–water partition coefficient (Wildman–Crippen LogP) is 0.736. The molecule has 0 aliphatic heterocycles. The van der Waals surface area contributed by atoms with Crippen molar-refractivity contribution in [2.45, 2.75) is 52.7 Å². The topological polar surface area (TPSA) is 80.0 Å². The van der Waals surface area contributed by atoms with Gasteiger partial charge in [0.05, 0.1) is 6.54 Å². The van der Waals surface area contributed by atoms with Crippen LogP contribution >= 0.6 is 0 Å². The van der Waals surface area contributed by atoms with Crippen molar-refractivity contribution in [2.24, 2.45) is 0 Å².